The largest absolute Gasteiger partial charge is 0.472 e. The molecule has 0 heterocycles. The fourth-order valence-corrected chi connectivity index (χ4v) is 10.8. The lowest BCUT2D eigenvalue weighted by atomic mass is 10.0. The molecule has 0 radical (unpaired) electrons. The molecule has 74 heavy (non-hydrogen) atoms. The maximum atomic E-state index is 13.0. The second kappa shape index (κ2) is 56.7. The molecular weight excluding hydrogens is 936 g/mol. The van der Waals surface area contributed by atoms with Crippen LogP contribution in [0.2, 0.25) is 0 Å². The number of nitrogens with one attached hydrogen (secondary N) is 1. The lowest BCUT2D eigenvalue weighted by Gasteiger charge is -2.26. The Hall–Kier alpha value is -1.02. The Morgan fingerprint density at radius 1 is 0.459 bits per heavy atom. The first-order chi connectivity index (χ1) is 36.0. The molecule has 8 nitrogen and oxygen atoms in total. The Bertz CT molecular complexity index is 1260. The number of phosphoric acid groups is 1. The maximum absolute atomic E-state index is 13.0. The molecule has 0 saturated heterocycles. The van der Waals surface area contributed by atoms with Gasteiger partial charge in [-0.2, -0.15) is 0 Å². The number of aliphatic hydroxyl groups excluding tert-OH is 1. The first-order valence-electron chi connectivity index (χ1n) is 32.7. The zero-order chi connectivity index (χ0) is 54.2. The van der Waals surface area contributed by atoms with Gasteiger partial charge in [-0.1, -0.05) is 308 Å². The summed E-state index contributed by atoms with van der Waals surface area (Å²) in [5, 5.41) is 14.1. The van der Waals surface area contributed by atoms with E-state index in [-0.39, 0.29) is 19.1 Å². The van der Waals surface area contributed by atoms with E-state index in [9.17, 15) is 19.4 Å². The lowest BCUT2D eigenvalue weighted by molar-refractivity contribution is -0.870. The van der Waals surface area contributed by atoms with E-state index in [1.54, 1.807) is 0 Å². The van der Waals surface area contributed by atoms with Crippen LogP contribution in [0.5, 0.6) is 0 Å². The van der Waals surface area contributed by atoms with Gasteiger partial charge in [0.1, 0.15) is 13.2 Å². The minimum Gasteiger partial charge on any atom is -0.391 e. The van der Waals surface area contributed by atoms with Crippen molar-refractivity contribution in [1.29, 1.82) is 0 Å². The molecule has 0 aliphatic carbocycles. The van der Waals surface area contributed by atoms with Crippen molar-refractivity contribution in [1.82, 2.24) is 5.32 Å². The van der Waals surface area contributed by atoms with Crippen LogP contribution in [0.4, 0.5) is 0 Å². The molecule has 0 rings (SSSR count). The summed E-state index contributed by atoms with van der Waals surface area (Å²) in [5.74, 6) is -0.138. The summed E-state index contributed by atoms with van der Waals surface area (Å²) in [5.41, 5.74) is 0. The monoisotopic (exact) mass is 1070 g/mol. The van der Waals surface area contributed by atoms with E-state index in [1.165, 1.54) is 263 Å². The minimum absolute atomic E-state index is 0.0771. The van der Waals surface area contributed by atoms with Gasteiger partial charge in [-0.15, -0.1) is 0 Å². The number of carbonyl (C=O) groups is 1. The zero-order valence-corrected chi connectivity index (χ0v) is 51.3. The summed E-state index contributed by atoms with van der Waals surface area (Å²) in [7, 11) is 1.63. The van der Waals surface area contributed by atoms with Crippen molar-refractivity contribution >= 4 is 13.7 Å². The number of amides is 1. The Kier molecular flexibility index (Phi) is 55.9. The normalized spacial score (nSPS) is 13.9. The van der Waals surface area contributed by atoms with E-state index in [1.807, 2.05) is 21.1 Å². The number of carbonyl (C=O) groups excluding carboxylic acids is 1. The van der Waals surface area contributed by atoms with Crippen LogP contribution >= 0.6 is 7.82 Å². The Morgan fingerprint density at radius 3 is 1.11 bits per heavy atom. The van der Waals surface area contributed by atoms with Gasteiger partial charge in [-0.25, -0.2) is 4.57 Å². The van der Waals surface area contributed by atoms with Crippen LogP contribution in [0.3, 0.4) is 0 Å². The van der Waals surface area contributed by atoms with E-state index in [0.717, 1.165) is 44.9 Å². The fraction of sp³-hybridized carbons (Fsp3) is 0.923. The van der Waals surface area contributed by atoms with Crippen molar-refractivity contribution in [3.8, 4) is 0 Å². The van der Waals surface area contributed by atoms with E-state index in [2.05, 4.69) is 43.5 Å². The highest BCUT2D eigenvalue weighted by Gasteiger charge is 2.28. The topological polar surface area (TPSA) is 105 Å². The van der Waals surface area contributed by atoms with Gasteiger partial charge in [0.05, 0.1) is 39.9 Å². The van der Waals surface area contributed by atoms with Gasteiger partial charge in [-0.05, 0) is 44.9 Å². The highest BCUT2D eigenvalue weighted by molar-refractivity contribution is 7.47. The molecule has 3 N–H and O–H groups in total. The molecule has 0 fully saturated rings. The highest BCUT2D eigenvalue weighted by atomic mass is 31.2. The number of nitrogens with zero attached hydrogens (tertiary/aromatic N) is 1. The second-order valence-corrected chi connectivity index (χ2v) is 25.3. The van der Waals surface area contributed by atoms with Gasteiger partial charge < -0.3 is 19.8 Å². The quantitative estimate of drug-likeness (QED) is 0.0243. The fourth-order valence-electron chi connectivity index (χ4n) is 10.1. The number of hydrogen-bond acceptors (Lipinski definition) is 5. The second-order valence-electron chi connectivity index (χ2n) is 23.9. The van der Waals surface area contributed by atoms with Crippen molar-refractivity contribution in [2.45, 2.75) is 347 Å². The predicted octanol–water partition coefficient (Wildman–Crippen LogP) is 20.3. The molecule has 0 saturated carbocycles. The molecule has 0 aliphatic heterocycles. The summed E-state index contributed by atoms with van der Waals surface area (Å²) < 4.78 is 23.8. The van der Waals surface area contributed by atoms with Crippen LogP contribution in [0, 0.1) is 0 Å². The molecule has 3 unspecified atom stereocenters. The molecule has 0 bridgehead atoms. The van der Waals surface area contributed by atoms with Gasteiger partial charge in [0.15, 0.2) is 0 Å². The Balaban J connectivity index is 4.00. The van der Waals surface area contributed by atoms with Crippen molar-refractivity contribution in [3.63, 3.8) is 0 Å². The molecule has 3 atom stereocenters. The van der Waals surface area contributed by atoms with E-state index >= 15 is 0 Å². The molecule has 0 aromatic rings. The van der Waals surface area contributed by atoms with Crippen LogP contribution in [0.1, 0.15) is 335 Å². The average Bonchev–Trinajstić information content (AvgIpc) is 3.36. The van der Waals surface area contributed by atoms with Crippen molar-refractivity contribution in [2.75, 3.05) is 40.9 Å². The van der Waals surface area contributed by atoms with Gasteiger partial charge in [0.25, 0.3) is 0 Å². The maximum Gasteiger partial charge on any atom is 0.472 e. The van der Waals surface area contributed by atoms with Gasteiger partial charge in [-0.3, -0.25) is 13.8 Å². The third-order valence-corrected chi connectivity index (χ3v) is 16.2. The number of phosphoric ester groups is 1. The first kappa shape index (κ1) is 73.0. The third kappa shape index (κ3) is 58.7. The number of hydrogen-bond donors (Lipinski definition) is 3. The van der Waals surface area contributed by atoms with Crippen LogP contribution in [0.25, 0.3) is 0 Å². The molecule has 0 aliphatic rings. The minimum atomic E-state index is -4.32. The van der Waals surface area contributed by atoms with Gasteiger partial charge in [0.2, 0.25) is 5.91 Å². The molecule has 1 amide bonds. The molecule has 0 spiro atoms. The molecule has 0 aromatic carbocycles. The molecular formula is C65H130N2O6P+. The predicted molar refractivity (Wildman–Crippen MR) is 323 cm³/mol. The molecule has 440 valence electrons. The van der Waals surface area contributed by atoms with Crippen LogP contribution in [-0.2, 0) is 18.4 Å². The summed E-state index contributed by atoms with van der Waals surface area (Å²) in [4.78, 5) is 23.4. The third-order valence-electron chi connectivity index (χ3n) is 15.2. The van der Waals surface area contributed by atoms with Crippen LogP contribution < -0.4 is 5.32 Å². The first-order valence-corrected chi connectivity index (χ1v) is 34.2. The van der Waals surface area contributed by atoms with E-state index in [0.29, 0.717) is 23.9 Å². The number of aliphatic hydroxyl groups is 1. The van der Waals surface area contributed by atoms with Crippen molar-refractivity contribution < 1.29 is 32.9 Å². The zero-order valence-electron chi connectivity index (χ0n) is 50.4. The van der Waals surface area contributed by atoms with E-state index in [4.69, 9.17) is 9.05 Å². The summed E-state index contributed by atoms with van der Waals surface area (Å²) >= 11 is 0. The van der Waals surface area contributed by atoms with E-state index < -0.39 is 20.0 Å². The summed E-state index contributed by atoms with van der Waals surface area (Å²) in [6.45, 7) is 4.94. The standard InChI is InChI=1S/C65H129N2O6P/c1-6-8-10-12-14-16-18-20-22-24-26-27-28-29-30-31-32-33-34-35-36-37-38-39-41-43-45-47-49-51-53-55-57-59-65(69)66-63(62-73-74(70,71)72-61-60-67(3,4)5)64(68)58-56-54-52-50-48-46-44-42-40-25-23-21-19-17-15-13-11-9-7-2/h26-27,29-30,63-64,68H,6-25,28,31-62H2,1-5H3,(H-,66,69,70,71)/p+1/b27-26-,30-29-. The molecule has 0 aromatic heterocycles. The molecule has 9 heteroatoms. The smallest absolute Gasteiger partial charge is 0.391 e. The summed E-state index contributed by atoms with van der Waals surface area (Å²) in [6, 6.07) is -0.759. The number of unbranched alkanes of at least 4 members (excludes halogenated alkanes) is 44. The van der Waals surface area contributed by atoms with Crippen molar-refractivity contribution in [3.05, 3.63) is 24.3 Å². The number of allylic oxidation sites excluding steroid dienone is 4. The number of rotatable bonds is 61. The SMILES string of the molecule is CCCCCCCCCCC/C=C\C/C=C\CCCCCCCCCCCCCCCCCCCC(=O)NC(COP(=O)(O)OCC[N+](C)(C)C)C(O)CCCCCCCCCCCCCCCCCCCCC. The average molecular weight is 1070 g/mol. The van der Waals surface area contributed by atoms with Crippen molar-refractivity contribution in [2.24, 2.45) is 0 Å². The number of quaternary nitrogens is 1. The Labute approximate surface area is 462 Å². The van der Waals surface area contributed by atoms with Gasteiger partial charge in [0, 0.05) is 6.42 Å². The lowest BCUT2D eigenvalue weighted by Crippen LogP contribution is -2.46. The van der Waals surface area contributed by atoms with Crippen LogP contribution in [0.15, 0.2) is 24.3 Å². The Morgan fingerprint density at radius 2 is 0.770 bits per heavy atom. The highest BCUT2D eigenvalue weighted by Crippen LogP contribution is 2.43. The van der Waals surface area contributed by atoms with Gasteiger partial charge >= 0.3 is 7.82 Å². The van der Waals surface area contributed by atoms with Crippen LogP contribution in [-0.4, -0.2) is 73.4 Å². The summed E-state index contributed by atoms with van der Waals surface area (Å²) in [6.07, 6.45) is 72.6. The number of likely N-dealkylation sites (N-methyl/N-ethyl adjacent to an activating group) is 1.